The SMILES string of the molecule is CC(C)c1c(C(=O)NCC2(c3ccc(Cl)cc3)CCOCC2)cnn1-c1ccccn1. The molecular formula is C24H27ClN4O2. The van der Waals surface area contributed by atoms with Gasteiger partial charge >= 0.3 is 0 Å². The van der Waals surface area contributed by atoms with Crippen molar-refractivity contribution in [2.24, 2.45) is 0 Å². The van der Waals surface area contributed by atoms with Crippen molar-refractivity contribution in [1.29, 1.82) is 0 Å². The van der Waals surface area contributed by atoms with Gasteiger partial charge in [0.2, 0.25) is 0 Å². The summed E-state index contributed by atoms with van der Waals surface area (Å²) in [6.45, 7) is 5.99. The van der Waals surface area contributed by atoms with Crippen LogP contribution in [0.3, 0.4) is 0 Å². The van der Waals surface area contributed by atoms with Crippen molar-refractivity contribution < 1.29 is 9.53 Å². The van der Waals surface area contributed by atoms with Crippen LogP contribution < -0.4 is 5.32 Å². The molecule has 0 radical (unpaired) electrons. The van der Waals surface area contributed by atoms with E-state index >= 15 is 0 Å². The smallest absolute Gasteiger partial charge is 0.254 e. The van der Waals surface area contributed by atoms with Crippen LogP contribution in [0.25, 0.3) is 5.82 Å². The monoisotopic (exact) mass is 438 g/mol. The number of hydrogen-bond acceptors (Lipinski definition) is 4. The number of benzene rings is 1. The fourth-order valence-corrected chi connectivity index (χ4v) is 4.35. The van der Waals surface area contributed by atoms with Gasteiger partial charge in [0.15, 0.2) is 5.82 Å². The number of pyridine rings is 1. The van der Waals surface area contributed by atoms with Crippen LogP contribution in [0.15, 0.2) is 54.9 Å². The molecule has 7 heteroatoms. The average molecular weight is 439 g/mol. The Bertz CT molecular complexity index is 1030. The molecule has 4 rings (SSSR count). The lowest BCUT2D eigenvalue weighted by molar-refractivity contribution is 0.0487. The molecule has 0 saturated carbocycles. The lowest BCUT2D eigenvalue weighted by atomic mass is 9.74. The van der Waals surface area contributed by atoms with Gasteiger partial charge in [-0.1, -0.05) is 43.6 Å². The molecule has 3 aromatic rings. The van der Waals surface area contributed by atoms with Gasteiger partial charge in [0, 0.05) is 36.4 Å². The van der Waals surface area contributed by atoms with E-state index in [4.69, 9.17) is 16.3 Å². The van der Waals surface area contributed by atoms with Crippen LogP contribution in [0.4, 0.5) is 0 Å². The lowest BCUT2D eigenvalue weighted by Gasteiger charge is -2.38. The Morgan fingerprint density at radius 3 is 2.58 bits per heavy atom. The molecule has 0 spiro atoms. The van der Waals surface area contributed by atoms with Crippen LogP contribution in [0.1, 0.15) is 54.2 Å². The number of carbonyl (C=O) groups excluding carboxylic acids is 1. The molecule has 1 N–H and O–H groups in total. The second-order valence-electron chi connectivity index (χ2n) is 8.28. The number of aromatic nitrogens is 3. The highest BCUT2D eigenvalue weighted by Gasteiger charge is 2.35. The molecule has 2 aromatic heterocycles. The number of halogens is 1. The third-order valence-electron chi connectivity index (χ3n) is 5.96. The summed E-state index contributed by atoms with van der Waals surface area (Å²) in [6.07, 6.45) is 5.05. The van der Waals surface area contributed by atoms with Crippen molar-refractivity contribution in [2.45, 2.75) is 38.0 Å². The Balaban J connectivity index is 1.59. The first-order chi connectivity index (χ1) is 15.0. The van der Waals surface area contributed by atoms with Crippen LogP contribution in [-0.2, 0) is 10.2 Å². The predicted octanol–water partition coefficient (Wildman–Crippen LogP) is 4.52. The highest BCUT2D eigenvalue weighted by atomic mass is 35.5. The summed E-state index contributed by atoms with van der Waals surface area (Å²) in [4.78, 5) is 17.6. The van der Waals surface area contributed by atoms with Gasteiger partial charge in [-0.3, -0.25) is 4.79 Å². The van der Waals surface area contributed by atoms with Crippen molar-refractivity contribution in [3.05, 3.63) is 76.7 Å². The van der Waals surface area contributed by atoms with E-state index in [9.17, 15) is 4.79 Å². The third-order valence-corrected chi connectivity index (χ3v) is 6.21. The second kappa shape index (κ2) is 9.20. The summed E-state index contributed by atoms with van der Waals surface area (Å²) in [5, 5.41) is 8.36. The second-order valence-corrected chi connectivity index (χ2v) is 8.72. The number of carbonyl (C=O) groups is 1. The largest absolute Gasteiger partial charge is 0.381 e. The zero-order chi connectivity index (χ0) is 21.8. The van der Waals surface area contributed by atoms with Gasteiger partial charge < -0.3 is 10.1 Å². The minimum absolute atomic E-state index is 0.110. The summed E-state index contributed by atoms with van der Waals surface area (Å²) in [7, 11) is 0. The maximum atomic E-state index is 13.2. The number of rotatable bonds is 6. The zero-order valence-electron chi connectivity index (χ0n) is 17.8. The Labute approximate surface area is 187 Å². The van der Waals surface area contributed by atoms with E-state index in [1.165, 1.54) is 5.56 Å². The maximum Gasteiger partial charge on any atom is 0.254 e. The molecule has 0 bridgehead atoms. The Morgan fingerprint density at radius 2 is 1.94 bits per heavy atom. The molecule has 6 nitrogen and oxygen atoms in total. The first-order valence-corrected chi connectivity index (χ1v) is 11.0. The first kappa shape index (κ1) is 21.5. The number of hydrogen-bond donors (Lipinski definition) is 1. The van der Waals surface area contributed by atoms with Gasteiger partial charge in [-0.15, -0.1) is 0 Å². The van der Waals surface area contributed by atoms with E-state index in [0.717, 1.165) is 18.5 Å². The average Bonchev–Trinajstić information content (AvgIpc) is 3.25. The summed E-state index contributed by atoms with van der Waals surface area (Å²) in [5.41, 5.74) is 2.43. The number of nitrogens with zero attached hydrogens (tertiary/aromatic N) is 3. The Morgan fingerprint density at radius 1 is 1.19 bits per heavy atom. The van der Waals surface area contributed by atoms with E-state index in [0.29, 0.717) is 36.2 Å². The highest BCUT2D eigenvalue weighted by Crippen LogP contribution is 2.35. The molecule has 1 aromatic carbocycles. The molecule has 162 valence electrons. The minimum atomic E-state index is -0.173. The van der Waals surface area contributed by atoms with E-state index in [2.05, 4.69) is 41.4 Å². The summed E-state index contributed by atoms with van der Waals surface area (Å²) < 4.78 is 7.36. The van der Waals surface area contributed by atoms with E-state index in [1.54, 1.807) is 17.1 Å². The molecule has 1 amide bonds. The molecule has 1 saturated heterocycles. The number of nitrogens with one attached hydrogen (secondary N) is 1. The standard InChI is InChI=1S/C24H27ClN4O2/c1-17(2)22-20(15-28-29(22)21-5-3-4-12-26-21)23(30)27-16-24(10-13-31-14-11-24)18-6-8-19(25)9-7-18/h3-9,12,15,17H,10-11,13-14,16H2,1-2H3,(H,27,30). The topological polar surface area (TPSA) is 69.0 Å². The summed E-state index contributed by atoms with van der Waals surface area (Å²) in [6, 6.07) is 13.6. The van der Waals surface area contributed by atoms with E-state index in [1.807, 2.05) is 30.3 Å². The molecule has 0 unspecified atom stereocenters. The van der Waals surface area contributed by atoms with Gasteiger partial charge in [-0.25, -0.2) is 9.67 Å². The fraction of sp³-hybridized carbons (Fsp3) is 0.375. The summed E-state index contributed by atoms with van der Waals surface area (Å²) in [5.74, 6) is 0.691. The maximum absolute atomic E-state index is 13.2. The predicted molar refractivity (Wildman–Crippen MR) is 121 cm³/mol. The third kappa shape index (κ3) is 4.50. The van der Waals surface area contributed by atoms with Crippen molar-refractivity contribution in [1.82, 2.24) is 20.1 Å². The molecule has 1 fully saturated rings. The van der Waals surface area contributed by atoms with Gasteiger partial charge in [-0.05, 0) is 48.6 Å². The quantitative estimate of drug-likeness (QED) is 0.614. The van der Waals surface area contributed by atoms with E-state index in [-0.39, 0.29) is 17.2 Å². The van der Waals surface area contributed by atoms with Crippen molar-refractivity contribution in [2.75, 3.05) is 19.8 Å². The van der Waals surface area contributed by atoms with Crippen molar-refractivity contribution in [3.63, 3.8) is 0 Å². The molecular weight excluding hydrogens is 412 g/mol. The zero-order valence-corrected chi connectivity index (χ0v) is 18.6. The molecule has 1 aliphatic rings. The van der Waals surface area contributed by atoms with Gasteiger partial charge in [-0.2, -0.15) is 5.10 Å². The highest BCUT2D eigenvalue weighted by molar-refractivity contribution is 6.30. The fourth-order valence-electron chi connectivity index (χ4n) is 4.23. The summed E-state index contributed by atoms with van der Waals surface area (Å²) >= 11 is 6.09. The van der Waals surface area contributed by atoms with Crippen molar-refractivity contribution in [3.8, 4) is 5.82 Å². The van der Waals surface area contributed by atoms with Crippen LogP contribution in [0, 0.1) is 0 Å². The van der Waals surface area contributed by atoms with Gasteiger partial charge in [0.05, 0.1) is 17.5 Å². The molecule has 3 heterocycles. The van der Waals surface area contributed by atoms with Crippen LogP contribution in [-0.4, -0.2) is 40.4 Å². The van der Waals surface area contributed by atoms with Gasteiger partial charge in [0.1, 0.15) is 0 Å². The Kier molecular flexibility index (Phi) is 6.39. The van der Waals surface area contributed by atoms with Gasteiger partial charge in [0.25, 0.3) is 5.91 Å². The lowest BCUT2D eigenvalue weighted by Crippen LogP contribution is -2.44. The molecule has 31 heavy (non-hydrogen) atoms. The van der Waals surface area contributed by atoms with Crippen LogP contribution in [0.2, 0.25) is 5.02 Å². The molecule has 0 atom stereocenters. The van der Waals surface area contributed by atoms with Crippen LogP contribution in [0.5, 0.6) is 0 Å². The van der Waals surface area contributed by atoms with Crippen LogP contribution >= 0.6 is 11.6 Å². The first-order valence-electron chi connectivity index (χ1n) is 10.6. The Hall–Kier alpha value is -2.70. The normalized spacial score (nSPS) is 15.7. The number of ether oxygens (including phenoxy) is 1. The van der Waals surface area contributed by atoms with Crippen molar-refractivity contribution >= 4 is 17.5 Å². The molecule has 0 aliphatic carbocycles. The minimum Gasteiger partial charge on any atom is -0.381 e. The molecule has 1 aliphatic heterocycles. The van der Waals surface area contributed by atoms with E-state index < -0.39 is 0 Å². The number of amides is 1.